The van der Waals surface area contributed by atoms with Crippen molar-refractivity contribution in [3.8, 4) is 0 Å². The molecule has 0 aliphatic rings. The average Bonchev–Trinajstić information content (AvgIpc) is 2.71. The molecule has 0 heterocycles. The number of hydrogen-bond donors (Lipinski definition) is 2. The number of benzene rings is 1. The van der Waals surface area contributed by atoms with Crippen molar-refractivity contribution < 1.29 is 37.4 Å². The molecule has 0 unspecified atom stereocenters. The van der Waals surface area contributed by atoms with Crippen LogP contribution >= 0.6 is 0 Å². The lowest BCUT2D eigenvalue weighted by atomic mass is 10.2. The van der Waals surface area contributed by atoms with Crippen LogP contribution in [0.4, 0.5) is 0 Å². The highest BCUT2D eigenvalue weighted by molar-refractivity contribution is 7.90. The summed E-state index contributed by atoms with van der Waals surface area (Å²) in [6.45, 7) is 14.5. The Kier molecular flexibility index (Phi) is 15.1. The van der Waals surface area contributed by atoms with Crippen LogP contribution in [0.2, 0.25) is 0 Å². The number of ether oxygens (including phenoxy) is 2. The van der Waals surface area contributed by atoms with Crippen LogP contribution in [0.5, 0.6) is 0 Å². The van der Waals surface area contributed by atoms with Gasteiger partial charge in [0.2, 0.25) is 0 Å². The Labute approximate surface area is 183 Å². The zero-order valence-corrected chi connectivity index (χ0v) is 19.0. The van der Waals surface area contributed by atoms with Crippen molar-refractivity contribution in [2.45, 2.75) is 25.7 Å². The van der Waals surface area contributed by atoms with E-state index in [1.165, 1.54) is 20.1 Å². The number of carbonyl (C=O) groups is 3. The summed E-state index contributed by atoms with van der Waals surface area (Å²) in [4.78, 5) is 31.7. The molecule has 0 aromatic heterocycles. The van der Waals surface area contributed by atoms with Crippen LogP contribution in [0, 0.1) is 6.92 Å². The van der Waals surface area contributed by atoms with E-state index in [-0.39, 0.29) is 29.7 Å². The van der Waals surface area contributed by atoms with Crippen molar-refractivity contribution in [1.29, 1.82) is 0 Å². The van der Waals surface area contributed by atoms with Gasteiger partial charge in [0.15, 0.2) is 0 Å². The van der Waals surface area contributed by atoms with Gasteiger partial charge in [-0.05, 0) is 32.4 Å². The number of methoxy groups -OCH3 is 1. The lowest BCUT2D eigenvalue weighted by Crippen LogP contribution is -2.31. The smallest absolute Gasteiger partial charge is 0.332 e. The second-order valence-corrected chi connectivity index (χ2v) is 7.50. The summed E-state index contributed by atoms with van der Waals surface area (Å²) in [6.07, 6.45) is 1.05. The molecule has 1 aromatic carbocycles. The zero-order chi connectivity index (χ0) is 24.6. The first-order chi connectivity index (χ1) is 14.3. The van der Waals surface area contributed by atoms with Gasteiger partial charge in [-0.3, -0.25) is 4.79 Å². The molecule has 0 saturated carbocycles. The molecule has 0 spiro atoms. The van der Waals surface area contributed by atoms with Gasteiger partial charge in [0.25, 0.3) is 15.9 Å². The van der Waals surface area contributed by atoms with Gasteiger partial charge in [-0.2, -0.15) is 0 Å². The molecule has 0 aliphatic carbocycles. The van der Waals surface area contributed by atoms with Crippen LogP contribution < -0.4 is 4.72 Å². The first-order valence-corrected chi connectivity index (χ1v) is 10.2. The summed E-state index contributed by atoms with van der Waals surface area (Å²) in [5, 5.41) is 8.10. The number of aryl methyl sites for hydroxylation is 1. The molecule has 31 heavy (non-hydrogen) atoms. The van der Waals surface area contributed by atoms with Gasteiger partial charge in [0, 0.05) is 17.2 Å². The average molecular weight is 456 g/mol. The van der Waals surface area contributed by atoms with E-state index in [2.05, 4.69) is 29.2 Å². The fraction of sp³-hybridized carbons (Fsp3) is 0.286. The predicted molar refractivity (Wildman–Crippen MR) is 116 cm³/mol. The molecule has 1 amide bonds. The topological polar surface area (TPSA) is 136 Å². The fourth-order valence-corrected chi connectivity index (χ4v) is 2.78. The van der Waals surface area contributed by atoms with E-state index >= 15 is 0 Å². The summed E-state index contributed by atoms with van der Waals surface area (Å²) < 4.78 is 34.1. The van der Waals surface area contributed by atoms with Crippen LogP contribution in [-0.2, 0) is 33.9 Å². The van der Waals surface area contributed by atoms with Crippen LogP contribution in [-0.4, -0.2) is 51.7 Å². The normalized spacial score (nSPS) is 9.45. The molecule has 172 valence electrons. The molecular weight excluding hydrogens is 426 g/mol. The quantitative estimate of drug-likeness (QED) is 0.469. The summed E-state index contributed by atoms with van der Waals surface area (Å²) in [5.74, 6) is -1.54. The molecule has 0 bridgehead atoms. The molecule has 0 atom stereocenters. The van der Waals surface area contributed by atoms with Crippen molar-refractivity contribution in [3.63, 3.8) is 0 Å². The summed E-state index contributed by atoms with van der Waals surface area (Å²) >= 11 is 0. The van der Waals surface area contributed by atoms with E-state index in [0.29, 0.717) is 11.1 Å². The Morgan fingerprint density at radius 3 is 2.03 bits per heavy atom. The SMILES string of the molecule is C=C(C)C(=O)NS(=O)(=O)c1ccccc1C.C=C(C)C(=O)OC.C=CC(=O)OCCO. The minimum atomic E-state index is -3.80. The van der Waals surface area contributed by atoms with E-state index in [9.17, 15) is 22.8 Å². The van der Waals surface area contributed by atoms with Gasteiger partial charge in [-0.25, -0.2) is 22.7 Å². The van der Waals surface area contributed by atoms with Gasteiger partial charge >= 0.3 is 11.9 Å². The maximum atomic E-state index is 11.8. The van der Waals surface area contributed by atoms with Crippen LogP contribution in [0.3, 0.4) is 0 Å². The van der Waals surface area contributed by atoms with Crippen molar-refractivity contribution in [2.75, 3.05) is 20.3 Å². The number of amides is 1. The van der Waals surface area contributed by atoms with Gasteiger partial charge < -0.3 is 14.6 Å². The Balaban J connectivity index is 0. The van der Waals surface area contributed by atoms with Crippen molar-refractivity contribution >= 4 is 27.9 Å². The third-order valence-corrected chi connectivity index (χ3v) is 4.53. The van der Waals surface area contributed by atoms with Crippen molar-refractivity contribution in [3.05, 3.63) is 66.8 Å². The van der Waals surface area contributed by atoms with Crippen LogP contribution in [0.25, 0.3) is 0 Å². The van der Waals surface area contributed by atoms with Gasteiger partial charge in [0.05, 0.1) is 18.6 Å². The second kappa shape index (κ2) is 15.6. The highest BCUT2D eigenvalue weighted by Gasteiger charge is 2.19. The van der Waals surface area contributed by atoms with Crippen LogP contribution in [0.1, 0.15) is 19.4 Å². The fourth-order valence-electron chi connectivity index (χ4n) is 1.50. The van der Waals surface area contributed by atoms with Gasteiger partial charge in [0.1, 0.15) is 6.61 Å². The number of esters is 2. The first-order valence-electron chi connectivity index (χ1n) is 8.76. The Morgan fingerprint density at radius 2 is 1.68 bits per heavy atom. The molecule has 10 heteroatoms. The third kappa shape index (κ3) is 13.6. The van der Waals surface area contributed by atoms with E-state index in [1.54, 1.807) is 32.0 Å². The van der Waals surface area contributed by atoms with E-state index < -0.39 is 21.9 Å². The molecule has 0 aliphatic heterocycles. The molecule has 9 nitrogen and oxygen atoms in total. The summed E-state index contributed by atoms with van der Waals surface area (Å²) in [6, 6.07) is 6.45. The van der Waals surface area contributed by atoms with E-state index in [4.69, 9.17) is 5.11 Å². The van der Waals surface area contributed by atoms with Gasteiger partial charge in [-0.1, -0.05) is 37.9 Å². The highest BCUT2D eigenvalue weighted by Crippen LogP contribution is 2.13. The van der Waals surface area contributed by atoms with E-state index in [0.717, 1.165) is 6.08 Å². The number of carbonyl (C=O) groups excluding carboxylic acids is 3. The summed E-state index contributed by atoms with van der Waals surface area (Å²) in [7, 11) is -2.47. The maximum Gasteiger partial charge on any atom is 0.332 e. The molecule has 0 radical (unpaired) electrons. The minimum absolute atomic E-state index is 0.0465. The lowest BCUT2D eigenvalue weighted by Gasteiger charge is -2.08. The molecule has 0 fully saturated rings. The van der Waals surface area contributed by atoms with Crippen molar-refractivity contribution in [1.82, 2.24) is 4.72 Å². The number of nitrogens with one attached hydrogen (secondary N) is 1. The van der Waals surface area contributed by atoms with E-state index in [1.807, 2.05) is 4.72 Å². The standard InChI is InChI=1S/C11H13NO3S.C5H8O3.C5H8O2/c1-8(2)11(13)12-16(14,15)10-7-5-4-6-9(10)3;1-2-5(7)8-4-3-6;1-4(2)5(6)7-3/h4-7H,1H2,2-3H3,(H,12,13);2,6H,1,3-4H2;1H2,2-3H3. The molecule has 0 saturated heterocycles. The Hall–Kier alpha value is -3.24. The van der Waals surface area contributed by atoms with Crippen LogP contribution in [0.15, 0.2) is 66.1 Å². The first kappa shape index (κ1) is 30.0. The third-order valence-electron chi connectivity index (χ3n) is 3.03. The largest absolute Gasteiger partial charge is 0.466 e. The number of rotatable bonds is 7. The Bertz CT molecular complexity index is 904. The molecular formula is C21H29NO8S. The zero-order valence-electron chi connectivity index (χ0n) is 18.1. The van der Waals surface area contributed by atoms with Gasteiger partial charge in [-0.15, -0.1) is 0 Å². The molecule has 1 aromatic rings. The Morgan fingerprint density at radius 1 is 1.13 bits per heavy atom. The minimum Gasteiger partial charge on any atom is -0.466 e. The summed E-state index contributed by atoms with van der Waals surface area (Å²) in [5.41, 5.74) is 1.17. The monoisotopic (exact) mass is 455 g/mol. The lowest BCUT2D eigenvalue weighted by molar-refractivity contribution is -0.138. The maximum absolute atomic E-state index is 11.8. The highest BCUT2D eigenvalue weighted by atomic mass is 32.2. The number of aliphatic hydroxyl groups excluding tert-OH is 1. The van der Waals surface area contributed by atoms with Crippen molar-refractivity contribution in [2.24, 2.45) is 0 Å². The number of aliphatic hydroxyl groups is 1. The molecule has 1 rings (SSSR count). The number of sulfonamides is 1. The predicted octanol–water partition coefficient (Wildman–Crippen LogP) is 1.82. The second-order valence-electron chi connectivity index (χ2n) is 5.85. The molecule has 2 N–H and O–H groups in total. The number of hydrogen-bond acceptors (Lipinski definition) is 8.